The van der Waals surface area contributed by atoms with Gasteiger partial charge in [-0.3, -0.25) is 14.6 Å². The van der Waals surface area contributed by atoms with E-state index in [4.69, 9.17) is 4.74 Å². The molecule has 0 bridgehead atoms. The summed E-state index contributed by atoms with van der Waals surface area (Å²) in [5, 5.41) is 0. The number of amides is 1. The lowest BCUT2D eigenvalue weighted by atomic mass is 10.0. The molecule has 0 radical (unpaired) electrons. The van der Waals surface area contributed by atoms with E-state index >= 15 is 0 Å². The number of piperidine rings is 1. The molecule has 0 N–H and O–H groups in total. The Hall–Kier alpha value is -0.650. The van der Waals surface area contributed by atoms with Crippen LogP contribution in [0.4, 0.5) is 0 Å². The van der Waals surface area contributed by atoms with E-state index in [-0.39, 0.29) is 0 Å². The Morgan fingerprint density at radius 2 is 1.75 bits per heavy atom. The minimum Gasteiger partial charge on any atom is -0.379 e. The summed E-state index contributed by atoms with van der Waals surface area (Å²) in [7, 11) is 0. The monoisotopic (exact) mass is 281 g/mol. The topological polar surface area (TPSA) is 36.0 Å². The van der Waals surface area contributed by atoms with Gasteiger partial charge in [0.15, 0.2) is 0 Å². The van der Waals surface area contributed by atoms with E-state index in [9.17, 15) is 4.79 Å². The quantitative estimate of drug-likeness (QED) is 0.750. The van der Waals surface area contributed by atoms with E-state index in [0.29, 0.717) is 18.5 Å². The lowest BCUT2D eigenvalue weighted by molar-refractivity contribution is -0.134. The lowest BCUT2D eigenvalue weighted by Gasteiger charge is -2.41. The predicted octanol–water partition coefficient (Wildman–Crippen LogP) is 0.405. The number of ether oxygens (including phenoxy) is 1. The van der Waals surface area contributed by atoms with Crippen molar-refractivity contribution in [3.8, 4) is 0 Å². The zero-order valence-electron chi connectivity index (χ0n) is 12.4. The number of carbonyl (C=O) groups is 1. The molecule has 3 saturated heterocycles. The third kappa shape index (κ3) is 3.51. The van der Waals surface area contributed by atoms with Crippen molar-refractivity contribution in [2.75, 3.05) is 59.0 Å². The first-order chi connectivity index (χ1) is 9.83. The van der Waals surface area contributed by atoms with Gasteiger partial charge in [-0.2, -0.15) is 0 Å². The summed E-state index contributed by atoms with van der Waals surface area (Å²) in [5.41, 5.74) is 0. The molecule has 0 aliphatic carbocycles. The van der Waals surface area contributed by atoms with Gasteiger partial charge in [-0.1, -0.05) is 0 Å². The molecule has 3 fully saturated rings. The molecule has 3 aliphatic heterocycles. The van der Waals surface area contributed by atoms with Crippen LogP contribution in [0.1, 0.15) is 25.7 Å². The van der Waals surface area contributed by atoms with E-state index in [2.05, 4.69) is 14.7 Å². The van der Waals surface area contributed by atoms with E-state index in [1.54, 1.807) is 0 Å². The molecule has 0 aromatic heterocycles. The summed E-state index contributed by atoms with van der Waals surface area (Å²) in [5.74, 6) is 0.338. The number of carbonyl (C=O) groups excluding carboxylic acids is 1. The summed E-state index contributed by atoms with van der Waals surface area (Å²) < 4.78 is 5.42. The number of hydrogen-bond donors (Lipinski definition) is 0. The van der Waals surface area contributed by atoms with Crippen molar-refractivity contribution < 1.29 is 9.53 Å². The Labute approximate surface area is 121 Å². The second-order valence-electron chi connectivity index (χ2n) is 6.27. The highest BCUT2D eigenvalue weighted by molar-refractivity contribution is 5.78. The van der Waals surface area contributed by atoms with Crippen molar-refractivity contribution in [2.24, 2.45) is 0 Å². The Morgan fingerprint density at radius 3 is 2.50 bits per heavy atom. The van der Waals surface area contributed by atoms with Gasteiger partial charge in [0, 0.05) is 32.2 Å². The Bertz CT molecular complexity index is 325. The van der Waals surface area contributed by atoms with Crippen LogP contribution in [-0.2, 0) is 9.53 Å². The molecule has 0 aromatic rings. The van der Waals surface area contributed by atoms with Gasteiger partial charge in [-0.05, 0) is 38.8 Å². The number of hydrogen-bond acceptors (Lipinski definition) is 4. The van der Waals surface area contributed by atoms with Gasteiger partial charge >= 0.3 is 0 Å². The largest absolute Gasteiger partial charge is 0.379 e. The molecule has 3 aliphatic rings. The molecule has 114 valence electrons. The van der Waals surface area contributed by atoms with Crippen molar-refractivity contribution in [3.63, 3.8) is 0 Å². The van der Waals surface area contributed by atoms with E-state index in [1.807, 2.05) is 0 Å². The maximum Gasteiger partial charge on any atom is 0.236 e. The average Bonchev–Trinajstić information content (AvgIpc) is 3.01. The van der Waals surface area contributed by atoms with E-state index in [0.717, 1.165) is 58.9 Å². The van der Waals surface area contributed by atoms with Crippen LogP contribution < -0.4 is 0 Å². The molecular weight excluding hydrogens is 254 g/mol. The molecule has 0 aromatic carbocycles. The highest BCUT2D eigenvalue weighted by Gasteiger charge is 2.29. The van der Waals surface area contributed by atoms with Gasteiger partial charge < -0.3 is 9.64 Å². The first-order valence-electron chi connectivity index (χ1n) is 8.15. The molecule has 0 spiro atoms. The number of likely N-dealkylation sites (tertiary alicyclic amines) is 2. The van der Waals surface area contributed by atoms with E-state index in [1.165, 1.54) is 19.3 Å². The van der Waals surface area contributed by atoms with Crippen LogP contribution in [0.3, 0.4) is 0 Å². The minimum absolute atomic E-state index is 0.338. The fourth-order valence-electron chi connectivity index (χ4n) is 3.65. The summed E-state index contributed by atoms with van der Waals surface area (Å²) >= 11 is 0. The summed E-state index contributed by atoms with van der Waals surface area (Å²) in [6, 6.07) is 0.551. The van der Waals surface area contributed by atoms with Crippen LogP contribution >= 0.6 is 0 Å². The predicted molar refractivity (Wildman–Crippen MR) is 77.7 cm³/mol. The molecule has 3 rings (SSSR count). The highest BCUT2D eigenvalue weighted by Crippen LogP contribution is 2.18. The van der Waals surface area contributed by atoms with Crippen LogP contribution in [0.5, 0.6) is 0 Å². The fourth-order valence-corrected chi connectivity index (χ4v) is 3.65. The molecule has 1 amide bonds. The summed E-state index contributed by atoms with van der Waals surface area (Å²) in [4.78, 5) is 19.3. The van der Waals surface area contributed by atoms with Crippen molar-refractivity contribution in [1.82, 2.24) is 14.7 Å². The summed E-state index contributed by atoms with van der Waals surface area (Å²) in [6.07, 6.45) is 4.88. The fraction of sp³-hybridized carbons (Fsp3) is 0.933. The maximum absolute atomic E-state index is 12.4. The number of rotatable bonds is 3. The second kappa shape index (κ2) is 6.87. The molecule has 20 heavy (non-hydrogen) atoms. The first-order valence-corrected chi connectivity index (χ1v) is 8.15. The average molecular weight is 281 g/mol. The molecule has 1 unspecified atom stereocenters. The second-order valence-corrected chi connectivity index (χ2v) is 6.27. The third-order valence-electron chi connectivity index (χ3n) is 4.87. The maximum atomic E-state index is 12.4. The Balaban J connectivity index is 1.50. The zero-order valence-corrected chi connectivity index (χ0v) is 12.4. The summed E-state index contributed by atoms with van der Waals surface area (Å²) in [6.45, 7) is 8.46. The molecular formula is C15H27N3O2. The van der Waals surface area contributed by atoms with Crippen molar-refractivity contribution in [2.45, 2.75) is 31.7 Å². The SMILES string of the molecule is O=C(CN1CCCC1)N1CCCC(N2CCOCC2)C1. The smallest absolute Gasteiger partial charge is 0.236 e. The van der Waals surface area contributed by atoms with Crippen LogP contribution in [-0.4, -0.2) is 85.7 Å². The Morgan fingerprint density at radius 1 is 1.00 bits per heavy atom. The number of nitrogens with zero attached hydrogens (tertiary/aromatic N) is 3. The first kappa shape index (κ1) is 14.3. The van der Waals surface area contributed by atoms with Gasteiger partial charge in [-0.15, -0.1) is 0 Å². The molecule has 5 nitrogen and oxygen atoms in total. The highest BCUT2D eigenvalue weighted by atomic mass is 16.5. The molecule has 1 atom stereocenters. The van der Waals surface area contributed by atoms with Crippen molar-refractivity contribution >= 4 is 5.91 Å². The van der Waals surface area contributed by atoms with Crippen molar-refractivity contribution in [1.29, 1.82) is 0 Å². The third-order valence-corrected chi connectivity index (χ3v) is 4.87. The molecule has 0 saturated carbocycles. The molecule has 3 heterocycles. The number of morpholine rings is 1. The van der Waals surface area contributed by atoms with Crippen LogP contribution in [0.15, 0.2) is 0 Å². The van der Waals surface area contributed by atoms with Gasteiger partial charge in [0.1, 0.15) is 0 Å². The van der Waals surface area contributed by atoms with E-state index < -0.39 is 0 Å². The van der Waals surface area contributed by atoms with Gasteiger partial charge in [0.2, 0.25) is 5.91 Å². The van der Waals surface area contributed by atoms with Gasteiger partial charge in [-0.25, -0.2) is 0 Å². The normalized spacial score (nSPS) is 29.8. The van der Waals surface area contributed by atoms with Gasteiger partial charge in [0.25, 0.3) is 0 Å². The lowest BCUT2D eigenvalue weighted by Crippen LogP contribution is -2.54. The van der Waals surface area contributed by atoms with Gasteiger partial charge in [0.05, 0.1) is 19.8 Å². The molecule has 5 heteroatoms. The van der Waals surface area contributed by atoms with Crippen molar-refractivity contribution in [3.05, 3.63) is 0 Å². The van der Waals surface area contributed by atoms with Crippen LogP contribution in [0, 0.1) is 0 Å². The van der Waals surface area contributed by atoms with Crippen LogP contribution in [0.25, 0.3) is 0 Å². The minimum atomic E-state index is 0.338. The van der Waals surface area contributed by atoms with Crippen LogP contribution in [0.2, 0.25) is 0 Å². The Kier molecular flexibility index (Phi) is 4.91. The standard InChI is InChI=1S/C15H27N3O2/c19-15(13-16-5-1-2-6-16)18-7-3-4-14(12-18)17-8-10-20-11-9-17/h14H,1-13H2. The zero-order chi connectivity index (χ0) is 13.8.